The van der Waals surface area contributed by atoms with E-state index in [1.807, 2.05) is 0 Å². The Balaban J connectivity index is 1.40. The summed E-state index contributed by atoms with van der Waals surface area (Å²) in [6.45, 7) is -0.427. The SMILES string of the molecule is O=C(c1ccc(OCCOC(F)(F)F)c(Cl)c1)N1CC[C@]2(c3cccc(F)c3)OCO[C@@H]2C1. The first kappa shape index (κ1) is 23.7. The van der Waals surface area contributed by atoms with Crippen molar-refractivity contribution in [3.63, 3.8) is 0 Å². The van der Waals surface area contributed by atoms with Gasteiger partial charge in [-0.3, -0.25) is 9.53 Å². The van der Waals surface area contributed by atoms with E-state index >= 15 is 0 Å². The maximum atomic E-state index is 13.8. The fraction of sp³-hybridized carbons (Fsp3) is 0.409. The summed E-state index contributed by atoms with van der Waals surface area (Å²) in [5.74, 6) is -0.543. The van der Waals surface area contributed by atoms with Gasteiger partial charge in [-0.25, -0.2) is 4.39 Å². The Hall–Kier alpha value is -2.40. The number of piperidine rings is 1. The van der Waals surface area contributed by atoms with Crippen molar-refractivity contribution in [1.29, 1.82) is 0 Å². The standard InChI is InChI=1S/C22H20ClF4NO5/c23-17-10-14(4-5-18(17)30-8-9-32-22(25,26)27)20(29)28-7-6-21(19(12-28)31-13-33-21)15-2-1-3-16(24)11-15/h1-5,10-11,19H,6-9,12-13H2/t19-,21-/m1/s1. The molecule has 2 atom stereocenters. The van der Waals surface area contributed by atoms with Gasteiger partial charge in [-0.15, -0.1) is 13.2 Å². The molecule has 2 aliphatic rings. The van der Waals surface area contributed by atoms with Crippen LogP contribution in [0.5, 0.6) is 5.75 Å². The molecule has 0 saturated carbocycles. The van der Waals surface area contributed by atoms with E-state index in [0.717, 1.165) is 0 Å². The van der Waals surface area contributed by atoms with E-state index in [9.17, 15) is 22.4 Å². The monoisotopic (exact) mass is 489 g/mol. The van der Waals surface area contributed by atoms with Crippen LogP contribution in [0.1, 0.15) is 22.3 Å². The zero-order valence-electron chi connectivity index (χ0n) is 17.2. The van der Waals surface area contributed by atoms with Crippen molar-refractivity contribution in [3.05, 3.63) is 64.4 Å². The number of rotatable bonds is 6. The molecule has 33 heavy (non-hydrogen) atoms. The summed E-state index contributed by atoms with van der Waals surface area (Å²) < 4.78 is 70.3. The first-order valence-electron chi connectivity index (χ1n) is 10.1. The fourth-order valence-corrected chi connectivity index (χ4v) is 4.30. The van der Waals surface area contributed by atoms with Crippen molar-refractivity contribution < 1.29 is 41.3 Å². The Kier molecular flexibility index (Phi) is 6.81. The predicted molar refractivity (Wildman–Crippen MR) is 108 cm³/mol. The van der Waals surface area contributed by atoms with Gasteiger partial charge < -0.3 is 19.1 Å². The van der Waals surface area contributed by atoms with Crippen LogP contribution in [-0.2, 0) is 19.8 Å². The lowest BCUT2D eigenvalue weighted by Gasteiger charge is -2.42. The first-order valence-corrected chi connectivity index (χ1v) is 10.5. The van der Waals surface area contributed by atoms with Gasteiger partial charge in [0.25, 0.3) is 5.91 Å². The van der Waals surface area contributed by atoms with Crippen LogP contribution in [0.4, 0.5) is 17.6 Å². The van der Waals surface area contributed by atoms with E-state index in [2.05, 4.69) is 4.74 Å². The van der Waals surface area contributed by atoms with Gasteiger partial charge in [0.1, 0.15) is 36.7 Å². The molecule has 0 aromatic heterocycles. The number of ether oxygens (including phenoxy) is 4. The van der Waals surface area contributed by atoms with Crippen LogP contribution in [0.2, 0.25) is 5.02 Å². The second-order valence-corrected chi connectivity index (χ2v) is 8.01. The Morgan fingerprint density at radius 1 is 1.21 bits per heavy atom. The molecule has 0 radical (unpaired) electrons. The molecule has 0 N–H and O–H groups in total. The molecule has 2 aromatic carbocycles. The molecule has 2 fully saturated rings. The third kappa shape index (κ3) is 5.24. The molecule has 178 valence electrons. The van der Waals surface area contributed by atoms with E-state index in [1.165, 1.54) is 30.3 Å². The highest BCUT2D eigenvalue weighted by Crippen LogP contribution is 2.43. The molecule has 4 rings (SSSR count). The number of amides is 1. The predicted octanol–water partition coefficient (Wildman–Crippen LogP) is 4.51. The minimum atomic E-state index is -4.74. The molecule has 0 unspecified atom stereocenters. The highest BCUT2D eigenvalue weighted by molar-refractivity contribution is 6.32. The summed E-state index contributed by atoms with van der Waals surface area (Å²) in [5.41, 5.74) is 0.124. The maximum absolute atomic E-state index is 13.8. The van der Waals surface area contributed by atoms with Crippen LogP contribution in [0.15, 0.2) is 42.5 Å². The molecule has 6 nitrogen and oxygen atoms in total. The molecule has 0 aliphatic carbocycles. The molecule has 2 aromatic rings. The number of fused-ring (bicyclic) bond motifs is 1. The van der Waals surface area contributed by atoms with Gasteiger partial charge in [0.2, 0.25) is 0 Å². The van der Waals surface area contributed by atoms with Gasteiger partial charge in [0, 0.05) is 18.5 Å². The molecule has 2 aliphatic heterocycles. The topological polar surface area (TPSA) is 57.2 Å². The highest BCUT2D eigenvalue weighted by Gasteiger charge is 2.51. The molecule has 2 saturated heterocycles. The van der Waals surface area contributed by atoms with Crippen LogP contribution in [0.25, 0.3) is 0 Å². The Morgan fingerprint density at radius 3 is 2.76 bits per heavy atom. The zero-order chi connectivity index (χ0) is 23.6. The van der Waals surface area contributed by atoms with E-state index in [-0.39, 0.29) is 48.0 Å². The highest BCUT2D eigenvalue weighted by atomic mass is 35.5. The van der Waals surface area contributed by atoms with Gasteiger partial charge in [-0.05, 0) is 35.9 Å². The lowest BCUT2D eigenvalue weighted by Crippen LogP contribution is -2.53. The average Bonchev–Trinajstić information content (AvgIpc) is 3.21. The van der Waals surface area contributed by atoms with Crippen molar-refractivity contribution in [1.82, 2.24) is 4.90 Å². The van der Waals surface area contributed by atoms with Crippen LogP contribution < -0.4 is 4.74 Å². The average molecular weight is 490 g/mol. The number of halogens is 5. The number of likely N-dealkylation sites (tertiary alicyclic amines) is 1. The van der Waals surface area contributed by atoms with Gasteiger partial charge >= 0.3 is 6.36 Å². The fourth-order valence-electron chi connectivity index (χ4n) is 4.07. The van der Waals surface area contributed by atoms with E-state index in [1.54, 1.807) is 17.0 Å². The summed E-state index contributed by atoms with van der Waals surface area (Å²) in [6, 6.07) is 10.4. The first-order chi connectivity index (χ1) is 15.7. The van der Waals surface area contributed by atoms with Crippen molar-refractivity contribution in [3.8, 4) is 5.75 Å². The second kappa shape index (κ2) is 9.46. The van der Waals surface area contributed by atoms with Crippen molar-refractivity contribution in [2.75, 3.05) is 33.1 Å². The van der Waals surface area contributed by atoms with Gasteiger partial charge in [0.15, 0.2) is 0 Å². The number of hydrogen-bond acceptors (Lipinski definition) is 5. The van der Waals surface area contributed by atoms with E-state index in [0.29, 0.717) is 18.5 Å². The minimum absolute atomic E-state index is 0.0408. The molecule has 1 amide bonds. The number of alkyl halides is 3. The van der Waals surface area contributed by atoms with Crippen molar-refractivity contribution >= 4 is 17.5 Å². The Morgan fingerprint density at radius 2 is 2.03 bits per heavy atom. The number of carbonyl (C=O) groups excluding carboxylic acids is 1. The summed E-state index contributed by atoms with van der Waals surface area (Å²) in [4.78, 5) is 14.6. The van der Waals surface area contributed by atoms with Crippen LogP contribution in [0, 0.1) is 5.82 Å². The number of benzene rings is 2. The van der Waals surface area contributed by atoms with Crippen LogP contribution in [-0.4, -0.2) is 56.4 Å². The largest absolute Gasteiger partial charge is 0.522 e. The van der Waals surface area contributed by atoms with Gasteiger partial charge in [0.05, 0.1) is 18.2 Å². The summed E-state index contributed by atoms with van der Waals surface area (Å²) in [7, 11) is 0. The maximum Gasteiger partial charge on any atom is 0.522 e. The van der Waals surface area contributed by atoms with Gasteiger partial charge in [-0.1, -0.05) is 23.7 Å². The number of hydrogen-bond donors (Lipinski definition) is 0. The molecule has 0 bridgehead atoms. The minimum Gasteiger partial charge on any atom is -0.490 e. The Bertz CT molecular complexity index is 1020. The molecular weight excluding hydrogens is 470 g/mol. The summed E-state index contributed by atoms with van der Waals surface area (Å²) in [5, 5.41) is 0.0828. The quantitative estimate of drug-likeness (QED) is 0.441. The van der Waals surface area contributed by atoms with Gasteiger partial charge in [-0.2, -0.15) is 0 Å². The molecular formula is C22H20ClF4NO5. The molecule has 0 spiro atoms. The molecule has 11 heteroatoms. The van der Waals surface area contributed by atoms with E-state index < -0.39 is 24.7 Å². The summed E-state index contributed by atoms with van der Waals surface area (Å²) in [6.07, 6.45) is -4.79. The number of carbonyl (C=O) groups is 1. The van der Waals surface area contributed by atoms with Crippen LogP contribution in [0.3, 0.4) is 0 Å². The molecule has 2 heterocycles. The smallest absolute Gasteiger partial charge is 0.490 e. The third-order valence-corrected chi connectivity index (χ3v) is 5.93. The number of nitrogens with zero attached hydrogens (tertiary/aromatic N) is 1. The second-order valence-electron chi connectivity index (χ2n) is 7.61. The van der Waals surface area contributed by atoms with Crippen molar-refractivity contribution in [2.45, 2.75) is 24.5 Å². The third-order valence-electron chi connectivity index (χ3n) is 5.63. The lowest BCUT2D eigenvalue weighted by molar-refractivity contribution is -0.325. The van der Waals surface area contributed by atoms with E-state index in [4.69, 9.17) is 25.8 Å². The van der Waals surface area contributed by atoms with Crippen LogP contribution >= 0.6 is 11.6 Å². The Labute approximate surface area is 191 Å². The lowest BCUT2D eigenvalue weighted by atomic mass is 9.82. The van der Waals surface area contributed by atoms with Crippen molar-refractivity contribution in [2.24, 2.45) is 0 Å². The normalized spacial score (nSPS) is 22.8. The summed E-state index contributed by atoms with van der Waals surface area (Å²) >= 11 is 6.15. The zero-order valence-corrected chi connectivity index (χ0v) is 18.0.